The third-order valence-electron chi connectivity index (χ3n) is 4.40. The minimum atomic E-state index is -1.04. The van der Waals surface area contributed by atoms with E-state index in [0.717, 1.165) is 4.90 Å². The largest absolute Gasteiger partial charge is 0.481 e. The van der Waals surface area contributed by atoms with Crippen LogP contribution in [0.4, 0.5) is 5.69 Å². The highest BCUT2D eigenvalue weighted by Crippen LogP contribution is 2.31. The van der Waals surface area contributed by atoms with Gasteiger partial charge in [0.15, 0.2) is 0 Å². The number of amides is 3. The van der Waals surface area contributed by atoms with Gasteiger partial charge in [0, 0.05) is 25.7 Å². The highest BCUT2D eigenvalue weighted by Gasteiger charge is 2.41. The summed E-state index contributed by atoms with van der Waals surface area (Å²) >= 11 is 0. The molecular formula is C19H23N3O7. The van der Waals surface area contributed by atoms with Crippen LogP contribution in [0.25, 0.3) is 0 Å². The maximum Gasteiger partial charge on any atom is 0.305 e. The molecule has 10 nitrogen and oxygen atoms in total. The number of aldehydes is 1. The minimum absolute atomic E-state index is 0.00605. The Kier molecular flexibility index (Phi) is 7.84. The van der Waals surface area contributed by atoms with E-state index in [0.29, 0.717) is 18.5 Å². The van der Waals surface area contributed by atoms with Crippen molar-refractivity contribution in [3.63, 3.8) is 0 Å². The number of nitrogens with one attached hydrogen (secondary N) is 2. The van der Waals surface area contributed by atoms with Crippen LogP contribution in [0.1, 0.15) is 40.0 Å². The van der Waals surface area contributed by atoms with Gasteiger partial charge in [0.25, 0.3) is 11.8 Å². The van der Waals surface area contributed by atoms with E-state index in [2.05, 4.69) is 10.6 Å². The lowest BCUT2D eigenvalue weighted by molar-refractivity contribution is -0.138. The molecule has 1 heterocycles. The standard InChI is InChI=1S/C19H23N3O7/c1-20-15(24)6-5-12(11-23)22-18(27)13-3-2-4-14(17(13)19(22)28)21-8-10-29-9-7-16(25)26/h2-4,11-12,21H,5-10H2,1H3,(H,20,24)(H,25,26). The van der Waals surface area contributed by atoms with Crippen LogP contribution < -0.4 is 10.6 Å². The third-order valence-corrected chi connectivity index (χ3v) is 4.40. The second kappa shape index (κ2) is 10.3. The quantitative estimate of drug-likeness (QED) is 0.256. The van der Waals surface area contributed by atoms with E-state index in [1.807, 2.05) is 0 Å². The van der Waals surface area contributed by atoms with Gasteiger partial charge in [0.1, 0.15) is 6.29 Å². The first kappa shape index (κ1) is 22.0. The zero-order valence-corrected chi connectivity index (χ0v) is 16.0. The van der Waals surface area contributed by atoms with Crippen molar-refractivity contribution in [3.8, 4) is 0 Å². The molecule has 0 aromatic heterocycles. The molecule has 2 rings (SSSR count). The van der Waals surface area contributed by atoms with E-state index in [9.17, 15) is 24.0 Å². The molecule has 1 aromatic carbocycles. The van der Waals surface area contributed by atoms with Crippen LogP contribution in [0.3, 0.4) is 0 Å². The molecule has 0 fully saturated rings. The Morgan fingerprint density at radius 1 is 1.21 bits per heavy atom. The molecule has 0 aliphatic carbocycles. The Morgan fingerprint density at radius 2 is 1.97 bits per heavy atom. The normalized spacial score (nSPS) is 13.8. The van der Waals surface area contributed by atoms with Crippen molar-refractivity contribution >= 4 is 35.7 Å². The first-order valence-corrected chi connectivity index (χ1v) is 9.10. The Bertz CT molecular complexity index is 809. The summed E-state index contributed by atoms with van der Waals surface area (Å²) in [6, 6.07) is 3.71. The Morgan fingerprint density at radius 3 is 2.62 bits per heavy atom. The Balaban J connectivity index is 2.06. The van der Waals surface area contributed by atoms with E-state index in [1.165, 1.54) is 13.1 Å². The molecule has 0 saturated heterocycles. The number of carboxylic acid groups (broad SMARTS) is 1. The number of fused-ring (bicyclic) bond motifs is 1. The van der Waals surface area contributed by atoms with Crippen molar-refractivity contribution in [2.75, 3.05) is 32.1 Å². The number of rotatable bonds is 12. The smallest absolute Gasteiger partial charge is 0.305 e. The van der Waals surface area contributed by atoms with Crippen LogP contribution in [0.5, 0.6) is 0 Å². The number of anilines is 1. The lowest BCUT2D eigenvalue weighted by Crippen LogP contribution is -2.41. The summed E-state index contributed by atoms with van der Waals surface area (Å²) in [6.07, 6.45) is 0.431. The number of nitrogens with zero attached hydrogens (tertiary/aromatic N) is 1. The molecule has 0 bridgehead atoms. The first-order chi connectivity index (χ1) is 13.9. The molecule has 1 atom stereocenters. The van der Waals surface area contributed by atoms with E-state index < -0.39 is 23.8 Å². The number of hydrogen-bond donors (Lipinski definition) is 3. The Labute approximate surface area is 167 Å². The highest BCUT2D eigenvalue weighted by atomic mass is 16.5. The summed E-state index contributed by atoms with van der Waals surface area (Å²) in [5.74, 6) is -2.43. The molecule has 10 heteroatoms. The van der Waals surface area contributed by atoms with E-state index in [4.69, 9.17) is 9.84 Å². The zero-order chi connectivity index (χ0) is 21.4. The molecule has 1 aliphatic rings. The lowest BCUT2D eigenvalue weighted by atomic mass is 10.1. The SMILES string of the molecule is CNC(=O)CCC(C=O)N1C(=O)c2cccc(NCCOCCC(=O)O)c2C1=O. The summed E-state index contributed by atoms with van der Waals surface area (Å²) in [4.78, 5) is 59.8. The molecule has 29 heavy (non-hydrogen) atoms. The van der Waals surface area contributed by atoms with Crippen LogP contribution in [0, 0.1) is 0 Å². The van der Waals surface area contributed by atoms with Crippen LogP contribution in [0.2, 0.25) is 0 Å². The zero-order valence-electron chi connectivity index (χ0n) is 16.0. The molecular weight excluding hydrogens is 382 g/mol. The number of benzene rings is 1. The van der Waals surface area contributed by atoms with Gasteiger partial charge < -0.3 is 25.3 Å². The van der Waals surface area contributed by atoms with Gasteiger partial charge in [0.2, 0.25) is 5.91 Å². The van der Waals surface area contributed by atoms with Crippen molar-refractivity contribution in [2.24, 2.45) is 0 Å². The number of ether oxygens (including phenoxy) is 1. The van der Waals surface area contributed by atoms with Crippen LogP contribution in [-0.2, 0) is 19.1 Å². The maximum absolute atomic E-state index is 12.9. The molecule has 1 aliphatic heterocycles. The molecule has 156 valence electrons. The van der Waals surface area contributed by atoms with E-state index >= 15 is 0 Å². The fraction of sp³-hybridized carbons (Fsp3) is 0.421. The monoisotopic (exact) mass is 405 g/mol. The van der Waals surface area contributed by atoms with Gasteiger partial charge in [-0.3, -0.25) is 24.1 Å². The van der Waals surface area contributed by atoms with Crippen LogP contribution in [-0.4, -0.2) is 72.8 Å². The van der Waals surface area contributed by atoms with Gasteiger partial charge in [-0.15, -0.1) is 0 Å². The molecule has 0 radical (unpaired) electrons. The summed E-state index contributed by atoms with van der Waals surface area (Å²) in [7, 11) is 1.46. The molecule has 1 aromatic rings. The molecule has 3 N–H and O–H groups in total. The number of carbonyl (C=O) groups is 5. The number of hydrogen-bond acceptors (Lipinski definition) is 7. The predicted molar refractivity (Wildman–Crippen MR) is 102 cm³/mol. The first-order valence-electron chi connectivity index (χ1n) is 9.10. The average Bonchev–Trinajstić information content (AvgIpc) is 2.96. The van der Waals surface area contributed by atoms with Crippen molar-refractivity contribution in [1.29, 1.82) is 0 Å². The molecule has 0 saturated carbocycles. The second-order valence-corrected chi connectivity index (χ2v) is 6.31. The number of aliphatic carboxylic acids is 1. The minimum Gasteiger partial charge on any atom is -0.481 e. The fourth-order valence-electron chi connectivity index (χ4n) is 2.93. The van der Waals surface area contributed by atoms with Crippen molar-refractivity contribution in [1.82, 2.24) is 10.2 Å². The summed E-state index contributed by atoms with van der Waals surface area (Å²) in [5.41, 5.74) is 0.759. The summed E-state index contributed by atoms with van der Waals surface area (Å²) in [6.45, 7) is 0.582. The lowest BCUT2D eigenvalue weighted by Gasteiger charge is -2.21. The van der Waals surface area contributed by atoms with E-state index in [1.54, 1.807) is 12.1 Å². The van der Waals surface area contributed by atoms with Crippen molar-refractivity contribution in [3.05, 3.63) is 29.3 Å². The second-order valence-electron chi connectivity index (χ2n) is 6.31. The number of imide groups is 1. The van der Waals surface area contributed by atoms with Crippen molar-refractivity contribution in [2.45, 2.75) is 25.3 Å². The molecule has 1 unspecified atom stereocenters. The number of carbonyl (C=O) groups excluding carboxylic acids is 4. The van der Waals surface area contributed by atoms with Gasteiger partial charge in [-0.2, -0.15) is 0 Å². The Hall–Kier alpha value is -3.27. The van der Waals surface area contributed by atoms with Gasteiger partial charge in [0.05, 0.1) is 36.8 Å². The third kappa shape index (κ3) is 5.38. The van der Waals surface area contributed by atoms with Crippen LogP contribution in [0.15, 0.2) is 18.2 Å². The molecule has 0 spiro atoms. The topological polar surface area (TPSA) is 142 Å². The van der Waals surface area contributed by atoms with Gasteiger partial charge in [-0.05, 0) is 18.6 Å². The van der Waals surface area contributed by atoms with Gasteiger partial charge in [-0.25, -0.2) is 0 Å². The van der Waals surface area contributed by atoms with Crippen LogP contribution >= 0.6 is 0 Å². The number of carboxylic acids is 1. The summed E-state index contributed by atoms with van der Waals surface area (Å²) < 4.78 is 5.19. The fourth-order valence-corrected chi connectivity index (χ4v) is 2.93. The predicted octanol–water partition coefficient (Wildman–Crippen LogP) is 0.279. The van der Waals surface area contributed by atoms with E-state index in [-0.39, 0.29) is 49.5 Å². The highest BCUT2D eigenvalue weighted by molar-refractivity contribution is 6.24. The maximum atomic E-state index is 12.9. The van der Waals surface area contributed by atoms with Gasteiger partial charge >= 0.3 is 5.97 Å². The van der Waals surface area contributed by atoms with Gasteiger partial charge in [-0.1, -0.05) is 6.07 Å². The summed E-state index contributed by atoms with van der Waals surface area (Å²) in [5, 5.41) is 14.0. The van der Waals surface area contributed by atoms with Crippen molar-refractivity contribution < 1.29 is 33.8 Å². The average molecular weight is 405 g/mol. The molecule has 3 amide bonds.